The lowest BCUT2D eigenvalue weighted by Crippen LogP contribution is -2.05. The fourth-order valence-corrected chi connectivity index (χ4v) is 2.95. The van der Waals surface area contributed by atoms with Crippen molar-refractivity contribution >= 4 is 7.37 Å². The Balaban J connectivity index is 3.36. The third-order valence-corrected chi connectivity index (χ3v) is 4.51. The molecule has 3 nitrogen and oxygen atoms in total. The summed E-state index contributed by atoms with van der Waals surface area (Å²) in [5, 5.41) is 0. The smallest absolute Gasteiger partial charge is 0.200 e. The lowest BCUT2D eigenvalue weighted by Gasteiger charge is -2.13. The van der Waals surface area contributed by atoms with E-state index >= 15 is 0 Å². The van der Waals surface area contributed by atoms with E-state index in [2.05, 4.69) is 13.8 Å². The van der Waals surface area contributed by atoms with Crippen LogP contribution in [0.15, 0.2) is 0 Å². The van der Waals surface area contributed by atoms with Crippen molar-refractivity contribution in [2.24, 2.45) is 0 Å². The van der Waals surface area contributed by atoms with Crippen molar-refractivity contribution < 1.29 is 13.8 Å². The number of hydrogen-bond donors (Lipinski definition) is 0. The molecule has 0 rings (SSSR count). The largest absolute Gasteiger partial charge is 0.379 e. The maximum Gasteiger partial charge on any atom is 0.200 e. The molecule has 0 amide bonds. The summed E-state index contributed by atoms with van der Waals surface area (Å²) in [6, 6.07) is 0. The zero-order chi connectivity index (χ0) is 13.0. The lowest BCUT2D eigenvalue weighted by atomic mass is 10.3. The van der Waals surface area contributed by atoms with Crippen molar-refractivity contribution in [3.05, 3.63) is 0 Å². The van der Waals surface area contributed by atoms with Gasteiger partial charge in [0.15, 0.2) is 7.37 Å². The molecule has 0 heterocycles. The van der Waals surface area contributed by atoms with Gasteiger partial charge in [0.05, 0.1) is 13.2 Å². The molecular weight excluding hydrogens is 235 g/mol. The molecule has 0 aliphatic heterocycles. The van der Waals surface area contributed by atoms with E-state index in [1.807, 2.05) is 0 Å². The quantitative estimate of drug-likeness (QED) is 0.389. The third-order valence-electron chi connectivity index (χ3n) is 2.65. The molecule has 0 radical (unpaired) electrons. The molecule has 0 aromatic rings. The van der Waals surface area contributed by atoms with Gasteiger partial charge in [0.2, 0.25) is 0 Å². The first-order valence-corrected chi connectivity index (χ1v) is 9.17. The van der Waals surface area contributed by atoms with Crippen molar-refractivity contribution in [3.8, 4) is 0 Å². The normalized spacial score (nSPS) is 14.8. The van der Waals surface area contributed by atoms with E-state index in [9.17, 15) is 4.57 Å². The van der Waals surface area contributed by atoms with Crippen molar-refractivity contribution in [1.82, 2.24) is 0 Å². The molecule has 0 bridgehead atoms. The summed E-state index contributed by atoms with van der Waals surface area (Å²) in [6.07, 6.45) is 7.52. The van der Waals surface area contributed by atoms with Gasteiger partial charge >= 0.3 is 0 Å². The second-order valence-electron chi connectivity index (χ2n) is 4.60. The van der Waals surface area contributed by atoms with Gasteiger partial charge in [-0.3, -0.25) is 4.57 Å². The molecule has 1 atom stereocenters. The summed E-state index contributed by atoms with van der Waals surface area (Å²) in [4.78, 5) is 0. The van der Waals surface area contributed by atoms with Crippen LogP contribution in [-0.2, 0) is 13.8 Å². The van der Waals surface area contributed by atoms with Gasteiger partial charge < -0.3 is 9.26 Å². The zero-order valence-corrected chi connectivity index (χ0v) is 12.6. The Morgan fingerprint density at radius 2 is 1.53 bits per heavy atom. The molecule has 0 saturated heterocycles. The molecule has 0 N–H and O–H groups in total. The molecule has 4 heteroatoms. The molecule has 0 saturated carbocycles. The van der Waals surface area contributed by atoms with Crippen molar-refractivity contribution in [2.75, 3.05) is 32.6 Å². The minimum absolute atomic E-state index is 0.464. The standard InChI is InChI=1S/C13H29O3P/c1-4-6-8-10-15-11-12-16-17(3,14)13-9-7-5-2/h4-13H2,1-3H3. The van der Waals surface area contributed by atoms with Crippen molar-refractivity contribution in [1.29, 1.82) is 0 Å². The predicted octanol–water partition coefficient (Wildman–Crippen LogP) is 4.31. The van der Waals surface area contributed by atoms with Crippen molar-refractivity contribution in [2.45, 2.75) is 52.4 Å². The highest BCUT2D eigenvalue weighted by Gasteiger charge is 2.14. The van der Waals surface area contributed by atoms with Gasteiger partial charge in [-0.2, -0.15) is 0 Å². The summed E-state index contributed by atoms with van der Waals surface area (Å²) in [6.45, 7) is 7.88. The van der Waals surface area contributed by atoms with Crippen LogP contribution < -0.4 is 0 Å². The molecule has 104 valence electrons. The number of unbranched alkanes of at least 4 members (excludes halogenated alkanes) is 4. The Morgan fingerprint density at radius 1 is 0.882 bits per heavy atom. The van der Waals surface area contributed by atoms with Gasteiger partial charge in [-0.15, -0.1) is 0 Å². The van der Waals surface area contributed by atoms with Gasteiger partial charge in [0, 0.05) is 19.4 Å². The van der Waals surface area contributed by atoms with Crippen LogP contribution in [0.2, 0.25) is 0 Å². The van der Waals surface area contributed by atoms with Gasteiger partial charge in [0.1, 0.15) is 0 Å². The van der Waals surface area contributed by atoms with Crippen LogP contribution in [0.1, 0.15) is 52.4 Å². The third kappa shape index (κ3) is 12.4. The average Bonchev–Trinajstić information content (AvgIpc) is 2.28. The fraction of sp³-hybridized carbons (Fsp3) is 1.00. The van der Waals surface area contributed by atoms with Crippen molar-refractivity contribution in [3.63, 3.8) is 0 Å². The molecule has 0 aromatic carbocycles. The Bertz CT molecular complexity index is 207. The van der Waals surface area contributed by atoms with Crippen LogP contribution in [0.3, 0.4) is 0 Å². The molecule has 0 spiro atoms. The van der Waals surface area contributed by atoms with Gasteiger partial charge in [-0.05, 0) is 12.8 Å². The second-order valence-corrected chi connectivity index (χ2v) is 7.33. The number of ether oxygens (including phenoxy) is 1. The SMILES string of the molecule is CCCCCOCCOP(C)(=O)CCCCC. The summed E-state index contributed by atoms with van der Waals surface area (Å²) < 4.78 is 22.8. The van der Waals surface area contributed by atoms with Crippen LogP contribution in [0, 0.1) is 0 Å². The van der Waals surface area contributed by atoms with Crippen LogP contribution in [-0.4, -0.2) is 32.6 Å². The minimum Gasteiger partial charge on any atom is -0.379 e. The highest BCUT2D eigenvalue weighted by molar-refractivity contribution is 7.58. The Morgan fingerprint density at radius 3 is 2.18 bits per heavy atom. The summed E-state index contributed by atoms with van der Waals surface area (Å²) in [7, 11) is -2.36. The first-order valence-electron chi connectivity index (χ1n) is 6.91. The van der Waals surface area contributed by atoms with E-state index in [0.29, 0.717) is 19.4 Å². The first-order chi connectivity index (χ1) is 8.12. The van der Waals surface area contributed by atoms with E-state index in [0.717, 1.165) is 32.3 Å². The maximum absolute atomic E-state index is 11.9. The Kier molecular flexibility index (Phi) is 11.4. The van der Waals surface area contributed by atoms with E-state index in [-0.39, 0.29) is 0 Å². The Hall–Kier alpha value is 0.150. The lowest BCUT2D eigenvalue weighted by molar-refractivity contribution is 0.0984. The topological polar surface area (TPSA) is 35.5 Å². The molecule has 17 heavy (non-hydrogen) atoms. The minimum atomic E-state index is -2.36. The summed E-state index contributed by atoms with van der Waals surface area (Å²) >= 11 is 0. The summed E-state index contributed by atoms with van der Waals surface area (Å²) in [5.41, 5.74) is 0. The first kappa shape index (κ1) is 17.2. The second kappa shape index (κ2) is 11.3. The van der Waals surface area contributed by atoms with Crippen LogP contribution in [0.5, 0.6) is 0 Å². The van der Waals surface area contributed by atoms with Crippen LogP contribution in [0.4, 0.5) is 0 Å². The van der Waals surface area contributed by atoms with E-state index < -0.39 is 7.37 Å². The molecule has 0 aromatic heterocycles. The predicted molar refractivity (Wildman–Crippen MR) is 74.2 cm³/mol. The number of hydrogen-bond acceptors (Lipinski definition) is 3. The summed E-state index contributed by atoms with van der Waals surface area (Å²) in [5.74, 6) is 0. The van der Waals surface area contributed by atoms with E-state index in [1.165, 1.54) is 12.8 Å². The average molecular weight is 264 g/mol. The zero-order valence-electron chi connectivity index (χ0n) is 11.7. The van der Waals surface area contributed by atoms with Crippen LogP contribution >= 0.6 is 7.37 Å². The molecule has 0 fully saturated rings. The molecular formula is C13H29O3P. The Labute approximate surface area is 107 Å². The highest BCUT2D eigenvalue weighted by Crippen LogP contribution is 2.43. The molecule has 0 aliphatic rings. The van der Waals surface area contributed by atoms with Gasteiger partial charge in [0.25, 0.3) is 0 Å². The highest BCUT2D eigenvalue weighted by atomic mass is 31.2. The van der Waals surface area contributed by atoms with E-state index in [1.54, 1.807) is 6.66 Å². The van der Waals surface area contributed by atoms with Gasteiger partial charge in [-0.25, -0.2) is 0 Å². The van der Waals surface area contributed by atoms with Crippen LogP contribution in [0.25, 0.3) is 0 Å². The molecule has 0 aliphatic carbocycles. The van der Waals surface area contributed by atoms with E-state index in [4.69, 9.17) is 9.26 Å². The molecule has 1 unspecified atom stereocenters. The monoisotopic (exact) mass is 264 g/mol. The fourth-order valence-electron chi connectivity index (χ4n) is 1.56. The number of rotatable bonds is 12. The maximum atomic E-state index is 11.9. The van der Waals surface area contributed by atoms with Gasteiger partial charge in [-0.1, -0.05) is 39.5 Å².